The number of nitrogens with two attached hydrogens (primary N) is 1. The van der Waals surface area contributed by atoms with Gasteiger partial charge < -0.3 is 30.9 Å². The molecule has 1 amide bonds. The molecule has 2 heterocycles. The smallest absolute Gasteiger partial charge is 0.250 e. The lowest BCUT2D eigenvalue weighted by molar-refractivity contribution is 0.0983. The number of benzene rings is 2. The monoisotopic (exact) mass is 526 g/mol. The van der Waals surface area contributed by atoms with Crippen molar-refractivity contribution in [2.75, 3.05) is 18.5 Å². The average molecular weight is 527 g/mol. The largest absolute Gasteiger partial charge is 0.490 e. The van der Waals surface area contributed by atoms with Gasteiger partial charge in [-0.1, -0.05) is 42.5 Å². The van der Waals surface area contributed by atoms with E-state index in [1.54, 1.807) is 12.1 Å². The number of carbonyl (C=O) groups is 1. The van der Waals surface area contributed by atoms with Gasteiger partial charge >= 0.3 is 0 Å². The quantitative estimate of drug-likeness (QED) is 0.294. The van der Waals surface area contributed by atoms with Gasteiger partial charge in [0.15, 0.2) is 0 Å². The van der Waals surface area contributed by atoms with Gasteiger partial charge in [-0.3, -0.25) is 4.79 Å². The Bertz CT molecular complexity index is 1370. The van der Waals surface area contributed by atoms with Gasteiger partial charge in [0.05, 0.1) is 11.6 Å². The normalized spacial score (nSPS) is 18.1. The van der Waals surface area contributed by atoms with Crippen LogP contribution in [-0.4, -0.2) is 46.8 Å². The minimum absolute atomic E-state index is 0.205. The fraction of sp³-hybridized carbons (Fsp3) is 0.290. The van der Waals surface area contributed by atoms with Crippen LogP contribution in [0.3, 0.4) is 0 Å². The number of rotatable bonds is 11. The van der Waals surface area contributed by atoms with Gasteiger partial charge in [0.25, 0.3) is 0 Å². The zero-order chi connectivity index (χ0) is 27.4. The Labute approximate surface area is 228 Å². The SMILES string of the molecule is CC(C)(Cc1ccc(Oc2ccc(C(N)=O)cn2)cc1)NC[C@H](O)COc1cccc2c1C1C=CC=CC1N2. The minimum atomic E-state index is -0.656. The van der Waals surface area contributed by atoms with Gasteiger partial charge in [0, 0.05) is 41.5 Å². The molecule has 0 saturated carbocycles. The summed E-state index contributed by atoms with van der Waals surface area (Å²) < 4.78 is 11.9. The Kier molecular flexibility index (Phi) is 7.67. The van der Waals surface area contributed by atoms with E-state index in [9.17, 15) is 9.90 Å². The number of nitrogens with zero attached hydrogens (tertiary/aromatic N) is 1. The molecule has 5 rings (SSSR count). The van der Waals surface area contributed by atoms with Gasteiger partial charge in [0.2, 0.25) is 11.8 Å². The van der Waals surface area contributed by atoms with Crippen molar-refractivity contribution in [3.05, 3.63) is 102 Å². The van der Waals surface area contributed by atoms with Crippen LogP contribution in [-0.2, 0) is 6.42 Å². The number of aliphatic hydroxyl groups excluding tert-OH is 1. The highest BCUT2D eigenvalue weighted by Crippen LogP contribution is 2.44. The molecule has 1 aliphatic heterocycles. The minimum Gasteiger partial charge on any atom is -0.490 e. The van der Waals surface area contributed by atoms with Crippen LogP contribution in [0.1, 0.15) is 41.3 Å². The van der Waals surface area contributed by atoms with Crippen molar-refractivity contribution in [3.8, 4) is 17.4 Å². The van der Waals surface area contributed by atoms with E-state index >= 15 is 0 Å². The van der Waals surface area contributed by atoms with E-state index in [0.717, 1.165) is 29.0 Å². The molecule has 0 saturated heterocycles. The lowest BCUT2D eigenvalue weighted by Gasteiger charge is -2.28. The number of aliphatic hydroxyl groups is 1. The number of fused-ring (bicyclic) bond motifs is 3. The van der Waals surface area contributed by atoms with Crippen LogP contribution in [0.2, 0.25) is 0 Å². The highest BCUT2D eigenvalue weighted by Gasteiger charge is 2.32. The van der Waals surface area contributed by atoms with Crippen LogP contribution in [0.15, 0.2) is 85.1 Å². The molecule has 1 aromatic heterocycles. The number of hydrogen-bond donors (Lipinski definition) is 4. The molecule has 0 radical (unpaired) electrons. The summed E-state index contributed by atoms with van der Waals surface area (Å²) in [5, 5.41) is 17.7. The molecule has 2 aromatic carbocycles. The summed E-state index contributed by atoms with van der Waals surface area (Å²) >= 11 is 0. The predicted octanol–water partition coefficient (Wildman–Crippen LogP) is 4.33. The number of ether oxygens (including phenoxy) is 2. The lowest BCUT2D eigenvalue weighted by Crippen LogP contribution is -2.46. The molecule has 0 bridgehead atoms. The highest BCUT2D eigenvalue weighted by molar-refractivity contribution is 5.92. The van der Waals surface area contributed by atoms with E-state index in [2.05, 4.69) is 59.8 Å². The first kappa shape index (κ1) is 26.5. The van der Waals surface area contributed by atoms with Gasteiger partial charge in [-0.15, -0.1) is 0 Å². The molecule has 3 aromatic rings. The van der Waals surface area contributed by atoms with E-state index in [1.165, 1.54) is 6.20 Å². The van der Waals surface area contributed by atoms with E-state index in [-0.39, 0.29) is 24.1 Å². The van der Waals surface area contributed by atoms with Gasteiger partial charge in [0.1, 0.15) is 24.2 Å². The number of allylic oxidation sites excluding steroid dienone is 2. The zero-order valence-corrected chi connectivity index (χ0v) is 22.1. The molecule has 2 aliphatic rings. The van der Waals surface area contributed by atoms with Crippen molar-refractivity contribution in [3.63, 3.8) is 0 Å². The molecule has 2 unspecified atom stereocenters. The van der Waals surface area contributed by atoms with Gasteiger partial charge in [-0.05, 0) is 56.2 Å². The second-order valence-electron chi connectivity index (χ2n) is 10.6. The van der Waals surface area contributed by atoms with Crippen LogP contribution < -0.4 is 25.8 Å². The van der Waals surface area contributed by atoms with Crippen molar-refractivity contribution >= 4 is 11.6 Å². The molecule has 3 atom stereocenters. The van der Waals surface area contributed by atoms with E-state index in [1.807, 2.05) is 36.4 Å². The summed E-state index contributed by atoms with van der Waals surface area (Å²) in [6, 6.07) is 17.2. The summed E-state index contributed by atoms with van der Waals surface area (Å²) in [4.78, 5) is 15.3. The van der Waals surface area contributed by atoms with Gasteiger partial charge in [-0.2, -0.15) is 0 Å². The van der Waals surface area contributed by atoms with Crippen LogP contribution in [0.5, 0.6) is 17.4 Å². The summed E-state index contributed by atoms with van der Waals surface area (Å²) in [5.41, 5.74) is 8.68. The number of pyridine rings is 1. The van der Waals surface area contributed by atoms with Crippen molar-refractivity contribution in [2.45, 2.75) is 43.9 Å². The molecule has 8 nitrogen and oxygen atoms in total. The number of carbonyl (C=O) groups excluding carboxylic acids is 1. The van der Waals surface area contributed by atoms with E-state index in [4.69, 9.17) is 15.2 Å². The Hall–Kier alpha value is -4.14. The first-order chi connectivity index (χ1) is 18.8. The zero-order valence-electron chi connectivity index (χ0n) is 22.1. The molecular formula is C31H34N4O4. The van der Waals surface area contributed by atoms with Crippen LogP contribution in [0.4, 0.5) is 5.69 Å². The van der Waals surface area contributed by atoms with Gasteiger partial charge in [-0.25, -0.2) is 4.98 Å². The van der Waals surface area contributed by atoms with Crippen LogP contribution in [0.25, 0.3) is 0 Å². The fourth-order valence-electron chi connectivity index (χ4n) is 4.93. The number of β-amino-alcohol motifs (C(OH)–C–C–N with tert-alkyl or cyclic N) is 1. The third kappa shape index (κ3) is 6.47. The first-order valence-corrected chi connectivity index (χ1v) is 13.1. The number of primary amides is 1. The molecule has 8 heteroatoms. The van der Waals surface area contributed by atoms with Crippen molar-refractivity contribution in [1.82, 2.24) is 10.3 Å². The molecule has 0 spiro atoms. The molecule has 1 aliphatic carbocycles. The fourth-order valence-corrected chi connectivity index (χ4v) is 4.93. The number of amides is 1. The average Bonchev–Trinajstić information content (AvgIpc) is 3.31. The maximum Gasteiger partial charge on any atom is 0.250 e. The standard InChI is InChI=1S/C31H34N4O4/c1-31(2,16-20-10-13-23(14-11-20)39-28-15-12-21(17-33-28)30(32)37)34-18-22(36)19-38-27-9-5-8-26-29(27)24-6-3-4-7-25(24)35-26/h3-15,17,22,24-25,34-36H,16,18-19H2,1-2H3,(H2,32,37)/t22-,24?,25?/m0/s1. The topological polar surface area (TPSA) is 119 Å². The second-order valence-corrected chi connectivity index (χ2v) is 10.6. The summed E-state index contributed by atoms with van der Waals surface area (Å²) in [7, 11) is 0. The van der Waals surface area contributed by atoms with E-state index in [0.29, 0.717) is 23.7 Å². The van der Waals surface area contributed by atoms with E-state index < -0.39 is 12.0 Å². The Morgan fingerprint density at radius 2 is 1.92 bits per heavy atom. The van der Waals surface area contributed by atoms with Crippen molar-refractivity contribution in [1.29, 1.82) is 0 Å². The van der Waals surface area contributed by atoms with Crippen molar-refractivity contribution < 1.29 is 19.4 Å². The number of nitrogens with one attached hydrogen (secondary N) is 2. The van der Waals surface area contributed by atoms with Crippen LogP contribution >= 0.6 is 0 Å². The Morgan fingerprint density at radius 1 is 1.13 bits per heavy atom. The molecule has 0 fully saturated rings. The third-order valence-corrected chi connectivity index (χ3v) is 6.92. The molecule has 202 valence electrons. The number of hydrogen-bond acceptors (Lipinski definition) is 7. The Balaban J connectivity index is 1.10. The summed E-state index contributed by atoms with van der Waals surface area (Å²) in [6.45, 7) is 4.82. The molecule has 5 N–H and O–H groups in total. The Morgan fingerprint density at radius 3 is 2.67 bits per heavy atom. The maximum atomic E-state index is 11.2. The highest BCUT2D eigenvalue weighted by atomic mass is 16.5. The summed E-state index contributed by atoms with van der Waals surface area (Å²) in [5.74, 6) is 1.55. The van der Waals surface area contributed by atoms with Crippen molar-refractivity contribution in [2.24, 2.45) is 5.73 Å². The number of aromatic nitrogens is 1. The lowest BCUT2D eigenvalue weighted by atomic mass is 9.91. The molecule has 39 heavy (non-hydrogen) atoms. The second kappa shape index (κ2) is 11.3. The summed E-state index contributed by atoms with van der Waals surface area (Å²) in [6.07, 6.45) is 9.98. The van der Waals surface area contributed by atoms with Crippen LogP contribution in [0, 0.1) is 0 Å². The number of anilines is 1. The predicted molar refractivity (Wildman–Crippen MR) is 151 cm³/mol. The third-order valence-electron chi connectivity index (χ3n) is 6.92. The maximum absolute atomic E-state index is 11.2. The first-order valence-electron chi connectivity index (χ1n) is 13.1. The molecular weight excluding hydrogens is 492 g/mol.